The van der Waals surface area contributed by atoms with Gasteiger partial charge < -0.3 is 5.32 Å². The summed E-state index contributed by atoms with van der Waals surface area (Å²) < 4.78 is 27.2. The molecule has 1 heterocycles. The fourth-order valence-electron chi connectivity index (χ4n) is 3.10. The lowest BCUT2D eigenvalue weighted by atomic mass is 10.1. The van der Waals surface area contributed by atoms with Gasteiger partial charge in [-0.3, -0.25) is 19.8 Å². The van der Waals surface area contributed by atoms with Gasteiger partial charge in [-0.2, -0.15) is 4.31 Å². The third-order valence-electron chi connectivity index (χ3n) is 4.44. The summed E-state index contributed by atoms with van der Waals surface area (Å²) >= 11 is 0. The van der Waals surface area contributed by atoms with Gasteiger partial charge in [0.1, 0.15) is 0 Å². The number of nitrogens with zero attached hydrogens (tertiary/aromatic N) is 3. The van der Waals surface area contributed by atoms with Crippen molar-refractivity contribution in [2.45, 2.75) is 44.6 Å². The summed E-state index contributed by atoms with van der Waals surface area (Å²) in [6.45, 7) is 9.06. The molecule has 28 heavy (non-hydrogen) atoms. The van der Waals surface area contributed by atoms with E-state index in [0.717, 1.165) is 6.07 Å². The minimum atomic E-state index is -3.84. The Morgan fingerprint density at radius 3 is 2.50 bits per heavy atom. The van der Waals surface area contributed by atoms with Crippen molar-refractivity contribution in [3.8, 4) is 0 Å². The molecule has 0 saturated carbocycles. The Balaban J connectivity index is 2.09. The van der Waals surface area contributed by atoms with E-state index in [1.165, 1.54) is 16.4 Å². The minimum Gasteiger partial charge on any atom is -0.350 e. The molecule has 0 radical (unpaired) electrons. The van der Waals surface area contributed by atoms with Crippen molar-refractivity contribution in [1.29, 1.82) is 0 Å². The molecule has 2 rings (SSSR count). The van der Waals surface area contributed by atoms with Crippen LogP contribution in [0.1, 0.15) is 32.8 Å². The van der Waals surface area contributed by atoms with Gasteiger partial charge in [0.05, 0.1) is 16.4 Å². The van der Waals surface area contributed by atoms with Gasteiger partial charge in [0, 0.05) is 36.8 Å². The molecule has 0 spiro atoms. The van der Waals surface area contributed by atoms with E-state index in [1.807, 2.05) is 25.7 Å². The van der Waals surface area contributed by atoms with Gasteiger partial charge in [-0.15, -0.1) is 0 Å². The number of amides is 1. The number of hydrogen-bond acceptors (Lipinski definition) is 6. The van der Waals surface area contributed by atoms with Crippen molar-refractivity contribution in [1.82, 2.24) is 14.5 Å². The number of benzene rings is 1. The lowest BCUT2D eigenvalue weighted by Crippen LogP contribution is -2.46. The monoisotopic (exact) mass is 412 g/mol. The van der Waals surface area contributed by atoms with Crippen LogP contribution in [-0.2, 0) is 14.8 Å². The number of hydrogen-bond donors (Lipinski definition) is 1. The third kappa shape index (κ3) is 5.73. The topological polar surface area (TPSA) is 113 Å². The number of nitro benzene ring substituents is 1. The highest BCUT2D eigenvalue weighted by Crippen LogP contribution is 2.25. The van der Waals surface area contributed by atoms with Crippen LogP contribution in [0.25, 0.3) is 0 Å². The first kappa shape index (κ1) is 22.3. The van der Waals surface area contributed by atoms with Crippen molar-refractivity contribution in [3.05, 3.63) is 33.9 Å². The SMILES string of the molecule is Cc1ccc(S(=O)(=O)N2CCCN(CC(=O)NC(C)(C)C)CC2)cc1[N+](=O)[O-]. The number of aryl methyl sites for hydroxylation is 1. The molecule has 1 aliphatic heterocycles. The van der Waals surface area contributed by atoms with Crippen molar-refractivity contribution in [3.63, 3.8) is 0 Å². The van der Waals surface area contributed by atoms with Gasteiger partial charge in [-0.05, 0) is 46.7 Å². The zero-order valence-electron chi connectivity index (χ0n) is 16.8. The Labute approximate surface area is 165 Å². The average molecular weight is 413 g/mol. The van der Waals surface area contributed by atoms with Crippen molar-refractivity contribution in [2.75, 3.05) is 32.7 Å². The summed E-state index contributed by atoms with van der Waals surface area (Å²) in [5, 5.41) is 14.0. The van der Waals surface area contributed by atoms with Crippen LogP contribution in [0.2, 0.25) is 0 Å². The summed E-state index contributed by atoms with van der Waals surface area (Å²) in [4.78, 5) is 24.5. The molecule has 0 unspecified atom stereocenters. The Bertz CT molecular complexity index is 848. The normalized spacial score (nSPS) is 17.1. The molecule has 9 nitrogen and oxygen atoms in total. The zero-order valence-corrected chi connectivity index (χ0v) is 17.6. The summed E-state index contributed by atoms with van der Waals surface area (Å²) in [7, 11) is -3.84. The first-order valence-electron chi connectivity index (χ1n) is 9.19. The summed E-state index contributed by atoms with van der Waals surface area (Å²) in [6.07, 6.45) is 0.579. The molecule has 0 aliphatic carbocycles. The molecule has 0 aromatic heterocycles. The highest BCUT2D eigenvalue weighted by Gasteiger charge is 2.29. The summed E-state index contributed by atoms with van der Waals surface area (Å²) in [5.74, 6) is -0.0991. The molecular formula is C18H28N4O5S. The zero-order chi connectivity index (χ0) is 21.1. The Hall–Kier alpha value is -2.04. The molecule has 10 heteroatoms. The third-order valence-corrected chi connectivity index (χ3v) is 6.34. The highest BCUT2D eigenvalue weighted by molar-refractivity contribution is 7.89. The first-order valence-corrected chi connectivity index (χ1v) is 10.6. The smallest absolute Gasteiger partial charge is 0.273 e. The van der Waals surface area contributed by atoms with E-state index < -0.39 is 14.9 Å². The standard InChI is InChI=1S/C18H28N4O5S/c1-14-6-7-15(12-16(14)22(24)25)28(26,27)21-9-5-8-20(10-11-21)13-17(23)19-18(2,3)4/h6-7,12H,5,8-11,13H2,1-4H3,(H,19,23). The molecule has 1 amide bonds. The summed E-state index contributed by atoms with van der Waals surface area (Å²) in [5.41, 5.74) is -0.120. The lowest BCUT2D eigenvalue weighted by Gasteiger charge is -2.25. The van der Waals surface area contributed by atoms with E-state index in [9.17, 15) is 23.3 Å². The van der Waals surface area contributed by atoms with Gasteiger partial charge in [-0.1, -0.05) is 6.07 Å². The quantitative estimate of drug-likeness (QED) is 0.579. The second-order valence-corrected chi connectivity index (χ2v) is 9.98. The van der Waals surface area contributed by atoms with Crippen LogP contribution in [0.15, 0.2) is 23.1 Å². The molecule has 1 aromatic carbocycles. The van der Waals surface area contributed by atoms with Crippen LogP contribution < -0.4 is 5.32 Å². The predicted octanol–water partition coefficient (Wildman–Crippen LogP) is 1.51. The molecule has 1 aliphatic rings. The van der Waals surface area contributed by atoms with E-state index in [2.05, 4.69) is 5.32 Å². The summed E-state index contributed by atoms with van der Waals surface area (Å²) in [6, 6.07) is 3.97. The number of sulfonamides is 1. The van der Waals surface area contributed by atoms with Gasteiger partial charge in [0.15, 0.2) is 0 Å². The van der Waals surface area contributed by atoms with E-state index in [0.29, 0.717) is 31.6 Å². The largest absolute Gasteiger partial charge is 0.350 e. The molecule has 0 bridgehead atoms. The van der Waals surface area contributed by atoms with E-state index in [1.54, 1.807) is 6.92 Å². The number of nitro groups is 1. The maximum atomic E-state index is 12.9. The molecular weight excluding hydrogens is 384 g/mol. The fourth-order valence-corrected chi connectivity index (χ4v) is 4.59. The van der Waals surface area contributed by atoms with Gasteiger partial charge >= 0.3 is 0 Å². The Kier molecular flexibility index (Phi) is 6.79. The maximum Gasteiger partial charge on any atom is 0.273 e. The second-order valence-electron chi connectivity index (χ2n) is 8.04. The number of nitrogens with one attached hydrogen (secondary N) is 1. The lowest BCUT2D eigenvalue weighted by molar-refractivity contribution is -0.385. The molecule has 0 atom stereocenters. The molecule has 1 fully saturated rings. The molecule has 156 valence electrons. The van der Waals surface area contributed by atoms with Crippen LogP contribution in [0, 0.1) is 17.0 Å². The van der Waals surface area contributed by atoms with Crippen LogP contribution in [-0.4, -0.2) is 66.7 Å². The molecule has 1 saturated heterocycles. The Morgan fingerprint density at radius 2 is 1.89 bits per heavy atom. The minimum absolute atomic E-state index is 0.0799. The highest BCUT2D eigenvalue weighted by atomic mass is 32.2. The molecule has 1 N–H and O–H groups in total. The van der Waals surface area contributed by atoms with Gasteiger partial charge in [0.25, 0.3) is 5.69 Å². The number of carbonyl (C=O) groups excluding carboxylic acids is 1. The second kappa shape index (κ2) is 8.54. The van der Waals surface area contributed by atoms with Crippen LogP contribution >= 0.6 is 0 Å². The number of carbonyl (C=O) groups is 1. The molecule has 1 aromatic rings. The van der Waals surface area contributed by atoms with Crippen LogP contribution in [0.3, 0.4) is 0 Å². The first-order chi connectivity index (χ1) is 12.9. The van der Waals surface area contributed by atoms with E-state index in [4.69, 9.17) is 0 Å². The number of rotatable bonds is 5. The van der Waals surface area contributed by atoms with Crippen LogP contribution in [0.5, 0.6) is 0 Å². The fraction of sp³-hybridized carbons (Fsp3) is 0.611. The van der Waals surface area contributed by atoms with Crippen molar-refractivity contribution < 1.29 is 18.1 Å². The van der Waals surface area contributed by atoms with Crippen molar-refractivity contribution >= 4 is 21.6 Å². The van der Waals surface area contributed by atoms with E-state index in [-0.39, 0.29) is 35.1 Å². The maximum absolute atomic E-state index is 12.9. The van der Waals surface area contributed by atoms with Crippen LogP contribution in [0.4, 0.5) is 5.69 Å². The average Bonchev–Trinajstić information content (AvgIpc) is 2.79. The van der Waals surface area contributed by atoms with Gasteiger partial charge in [0.2, 0.25) is 15.9 Å². The van der Waals surface area contributed by atoms with E-state index >= 15 is 0 Å². The Morgan fingerprint density at radius 1 is 1.21 bits per heavy atom. The predicted molar refractivity (Wildman–Crippen MR) is 106 cm³/mol. The van der Waals surface area contributed by atoms with Crippen molar-refractivity contribution in [2.24, 2.45) is 0 Å². The van der Waals surface area contributed by atoms with Gasteiger partial charge in [-0.25, -0.2) is 8.42 Å².